The number of halogens is 3. The van der Waals surface area contributed by atoms with E-state index in [2.05, 4.69) is 35.4 Å². The molecule has 0 radical (unpaired) electrons. The van der Waals surface area contributed by atoms with Crippen LogP contribution in [0.15, 0.2) is 65.7 Å². The van der Waals surface area contributed by atoms with Gasteiger partial charge in [0, 0.05) is 24.0 Å². The Morgan fingerprint density at radius 3 is 2.74 bits per heavy atom. The summed E-state index contributed by atoms with van der Waals surface area (Å²) in [6.07, 6.45) is 0.0955. The molecule has 0 fully saturated rings. The van der Waals surface area contributed by atoms with E-state index in [4.69, 9.17) is 4.52 Å². The molecule has 2 N–H and O–H groups in total. The van der Waals surface area contributed by atoms with Gasteiger partial charge in [0.25, 0.3) is 5.91 Å². The Kier molecular flexibility index (Phi) is 5.47. The minimum atomic E-state index is -4.46. The van der Waals surface area contributed by atoms with Gasteiger partial charge in [0.05, 0.1) is 28.3 Å². The van der Waals surface area contributed by atoms with Crippen LogP contribution in [-0.4, -0.2) is 36.0 Å². The van der Waals surface area contributed by atoms with Gasteiger partial charge in [0.2, 0.25) is 0 Å². The third-order valence-electron chi connectivity index (χ3n) is 5.21. The van der Waals surface area contributed by atoms with Gasteiger partial charge in [0.15, 0.2) is 11.6 Å². The molecule has 4 aromatic heterocycles. The van der Waals surface area contributed by atoms with E-state index < -0.39 is 23.7 Å². The predicted octanol–water partition coefficient (Wildman–Crippen LogP) is 4.58. The quantitative estimate of drug-likeness (QED) is 0.378. The van der Waals surface area contributed by atoms with Gasteiger partial charge in [-0.3, -0.25) is 9.78 Å². The van der Waals surface area contributed by atoms with Gasteiger partial charge >= 0.3 is 6.18 Å². The van der Waals surface area contributed by atoms with Crippen molar-refractivity contribution < 1.29 is 22.5 Å². The van der Waals surface area contributed by atoms with Crippen molar-refractivity contribution in [2.24, 2.45) is 0 Å². The first-order chi connectivity index (χ1) is 16.8. The van der Waals surface area contributed by atoms with Crippen LogP contribution in [0.4, 0.5) is 13.2 Å². The lowest BCUT2D eigenvalue weighted by Crippen LogP contribution is -2.27. The molecule has 0 aliphatic carbocycles. The Labute approximate surface area is 195 Å². The second-order valence-corrected chi connectivity index (χ2v) is 7.65. The molecule has 0 aliphatic rings. The molecule has 0 saturated heterocycles. The van der Waals surface area contributed by atoms with Crippen LogP contribution in [0.25, 0.3) is 33.8 Å². The van der Waals surface area contributed by atoms with Gasteiger partial charge in [-0.25, -0.2) is 15.0 Å². The molecule has 5 rings (SSSR count). The number of rotatable bonds is 5. The molecular formula is C23H16F3N7O2. The number of nitrogens with one attached hydrogen (secondary N) is 2. The third-order valence-corrected chi connectivity index (χ3v) is 5.21. The summed E-state index contributed by atoms with van der Waals surface area (Å²) < 4.78 is 44.2. The molecule has 0 aliphatic heterocycles. The molecule has 0 saturated carbocycles. The van der Waals surface area contributed by atoms with Crippen LogP contribution < -0.4 is 5.32 Å². The number of imidazole rings is 1. The van der Waals surface area contributed by atoms with Crippen molar-refractivity contribution in [2.45, 2.75) is 19.1 Å². The number of nitrogens with zero attached hydrogens (tertiary/aromatic N) is 5. The summed E-state index contributed by atoms with van der Waals surface area (Å²) in [4.78, 5) is 32.1. The number of pyridine rings is 1. The number of H-pyrrole nitrogens is 1. The molecule has 176 valence electrons. The second kappa shape index (κ2) is 8.63. The van der Waals surface area contributed by atoms with E-state index in [1.54, 1.807) is 37.5 Å². The van der Waals surface area contributed by atoms with Crippen LogP contribution in [0, 0.1) is 0 Å². The molecule has 0 spiro atoms. The van der Waals surface area contributed by atoms with Gasteiger partial charge in [-0.2, -0.15) is 13.2 Å². The van der Waals surface area contributed by atoms with Crippen molar-refractivity contribution in [3.63, 3.8) is 0 Å². The highest BCUT2D eigenvalue weighted by molar-refractivity contribution is 5.93. The Hall–Kier alpha value is -4.61. The van der Waals surface area contributed by atoms with Crippen molar-refractivity contribution >= 4 is 16.9 Å². The number of alkyl halides is 3. The van der Waals surface area contributed by atoms with Crippen molar-refractivity contribution in [3.8, 4) is 22.8 Å². The molecule has 1 atom stereocenters. The standard InChI is InChI=1S/C23H16F3N7O2/c1-12(30-22(34)19-8-16(28-11-29-19)13-3-2-6-27-10-13)20-9-18(33-35-20)21-31-15-5-4-14(23(24,25)26)7-17(15)32-21/h2-12H,1H3,(H,30,34)(H,31,32). The van der Waals surface area contributed by atoms with Crippen LogP contribution in [0.2, 0.25) is 0 Å². The topological polar surface area (TPSA) is 122 Å². The average molecular weight is 479 g/mol. The van der Waals surface area contributed by atoms with Crippen LogP contribution >= 0.6 is 0 Å². The zero-order chi connectivity index (χ0) is 24.6. The van der Waals surface area contributed by atoms with Gasteiger partial charge in [-0.1, -0.05) is 5.16 Å². The summed E-state index contributed by atoms with van der Waals surface area (Å²) in [5.41, 5.74) is 1.52. The Bertz CT molecular complexity index is 1510. The fourth-order valence-corrected chi connectivity index (χ4v) is 3.41. The summed E-state index contributed by atoms with van der Waals surface area (Å²) in [5.74, 6) is 0.113. The predicted molar refractivity (Wildman–Crippen MR) is 118 cm³/mol. The van der Waals surface area contributed by atoms with Gasteiger partial charge in [-0.05, 0) is 43.3 Å². The zero-order valence-corrected chi connectivity index (χ0v) is 18.0. The monoisotopic (exact) mass is 479 g/mol. The van der Waals surface area contributed by atoms with Crippen molar-refractivity contribution in [2.75, 3.05) is 0 Å². The number of hydrogen-bond donors (Lipinski definition) is 2. The SMILES string of the molecule is CC(NC(=O)c1cc(-c2cccnc2)ncn1)c1cc(-c2nc3ccc(C(F)(F)F)cc3[nH]2)no1. The van der Waals surface area contributed by atoms with Crippen molar-refractivity contribution in [1.29, 1.82) is 0 Å². The van der Waals surface area contributed by atoms with Gasteiger partial charge in [0.1, 0.15) is 17.7 Å². The zero-order valence-electron chi connectivity index (χ0n) is 18.0. The summed E-state index contributed by atoms with van der Waals surface area (Å²) in [7, 11) is 0. The highest BCUT2D eigenvalue weighted by atomic mass is 19.4. The van der Waals surface area contributed by atoms with E-state index in [1.165, 1.54) is 12.4 Å². The summed E-state index contributed by atoms with van der Waals surface area (Å²) in [5, 5.41) is 6.71. The Balaban J connectivity index is 1.32. The van der Waals surface area contributed by atoms with Crippen LogP contribution in [0.3, 0.4) is 0 Å². The normalized spacial score (nSPS) is 12.6. The first-order valence-electron chi connectivity index (χ1n) is 10.4. The van der Waals surface area contributed by atoms with Gasteiger partial charge in [-0.15, -0.1) is 0 Å². The fraction of sp³-hybridized carbons (Fsp3) is 0.130. The molecule has 1 unspecified atom stereocenters. The average Bonchev–Trinajstić information content (AvgIpc) is 3.51. The lowest BCUT2D eigenvalue weighted by molar-refractivity contribution is -0.137. The first kappa shape index (κ1) is 22.2. The van der Waals surface area contributed by atoms with Crippen LogP contribution in [0.1, 0.15) is 34.8 Å². The number of benzene rings is 1. The van der Waals surface area contributed by atoms with Crippen molar-refractivity contribution in [1.82, 2.24) is 35.4 Å². The van der Waals surface area contributed by atoms with Crippen LogP contribution in [0.5, 0.6) is 0 Å². The highest BCUT2D eigenvalue weighted by Crippen LogP contribution is 2.32. The number of aromatic amines is 1. The maximum absolute atomic E-state index is 13.0. The van der Waals surface area contributed by atoms with Crippen LogP contribution in [-0.2, 0) is 6.18 Å². The molecule has 0 bridgehead atoms. The van der Waals surface area contributed by atoms with E-state index in [0.29, 0.717) is 17.0 Å². The Morgan fingerprint density at radius 2 is 1.97 bits per heavy atom. The second-order valence-electron chi connectivity index (χ2n) is 7.65. The smallest absolute Gasteiger partial charge is 0.358 e. The maximum atomic E-state index is 13.0. The van der Waals surface area contributed by atoms with E-state index in [-0.39, 0.29) is 22.7 Å². The molecular weight excluding hydrogens is 463 g/mol. The van der Waals surface area contributed by atoms with Crippen molar-refractivity contribution in [3.05, 3.63) is 78.2 Å². The van der Waals surface area contributed by atoms with E-state index in [0.717, 1.165) is 17.7 Å². The summed E-state index contributed by atoms with van der Waals surface area (Å²) in [6.45, 7) is 1.69. The molecule has 12 heteroatoms. The van der Waals surface area contributed by atoms with E-state index in [1.807, 2.05) is 6.07 Å². The number of hydrogen-bond acceptors (Lipinski definition) is 7. The molecule has 1 amide bonds. The molecule has 35 heavy (non-hydrogen) atoms. The summed E-state index contributed by atoms with van der Waals surface area (Å²) in [6, 6.07) is 9.33. The number of aromatic nitrogens is 6. The van der Waals surface area contributed by atoms with E-state index >= 15 is 0 Å². The molecule has 9 nitrogen and oxygen atoms in total. The number of carbonyl (C=O) groups excluding carboxylic acids is 1. The first-order valence-corrected chi connectivity index (χ1v) is 10.4. The summed E-state index contributed by atoms with van der Waals surface area (Å²) >= 11 is 0. The molecule has 5 aromatic rings. The van der Waals surface area contributed by atoms with Gasteiger partial charge < -0.3 is 14.8 Å². The van der Waals surface area contributed by atoms with E-state index in [9.17, 15) is 18.0 Å². The minimum absolute atomic E-state index is 0.156. The largest absolute Gasteiger partial charge is 0.416 e. The number of amides is 1. The minimum Gasteiger partial charge on any atom is -0.358 e. The molecule has 4 heterocycles. The number of carbonyl (C=O) groups is 1. The molecule has 1 aromatic carbocycles. The third kappa shape index (κ3) is 4.58. The lowest BCUT2D eigenvalue weighted by Gasteiger charge is -2.10. The Morgan fingerprint density at radius 1 is 1.11 bits per heavy atom. The fourth-order valence-electron chi connectivity index (χ4n) is 3.41. The lowest BCUT2D eigenvalue weighted by atomic mass is 10.1. The number of fused-ring (bicyclic) bond motifs is 1. The highest BCUT2D eigenvalue weighted by Gasteiger charge is 2.31. The maximum Gasteiger partial charge on any atom is 0.416 e.